The van der Waals surface area contributed by atoms with E-state index >= 15 is 0 Å². The van der Waals surface area contributed by atoms with Gasteiger partial charge in [0, 0.05) is 19.0 Å². The molecule has 2 saturated heterocycles. The molecule has 2 aliphatic heterocycles. The van der Waals surface area contributed by atoms with Gasteiger partial charge >= 0.3 is 0 Å². The van der Waals surface area contributed by atoms with Crippen molar-refractivity contribution >= 4 is 5.91 Å². The number of amides is 1. The van der Waals surface area contributed by atoms with E-state index in [1.807, 2.05) is 0 Å². The molecule has 3 atom stereocenters. The van der Waals surface area contributed by atoms with Crippen molar-refractivity contribution in [2.24, 2.45) is 0 Å². The smallest absolute Gasteiger partial charge is 0.223 e. The van der Waals surface area contributed by atoms with Crippen molar-refractivity contribution < 1.29 is 9.53 Å². The van der Waals surface area contributed by atoms with Crippen LogP contribution in [0.25, 0.3) is 0 Å². The SMILES string of the molecule is CCC1COC(C)CN1C(=O)CCC1CCCCN1. The average molecular weight is 268 g/mol. The molecule has 0 saturated carbocycles. The number of nitrogens with one attached hydrogen (secondary N) is 1. The third-order valence-corrected chi connectivity index (χ3v) is 4.38. The zero-order valence-electron chi connectivity index (χ0n) is 12.4. The molecule has 3 unspecified atom stereocenters. The van der Waals surface area contributed by atoms with Gasteiger partial charge in [0.2, 0.25) is 5.91 Å². The Morgan fingerprint density at radius 2 is 2.26 bits per heavy atom. The first kappa shape index (κ1) is 14.8. The predicted octanol–water partition coefficient (Wildman–Crippen LogP) is 1.93. The maximum atomic E-state index is 12.4. The molecule has 0 aromatic heterocycles. The number of piperidine rings is 1. The number of rotatable bonds is 4. The number of nitrogens with zero attached hydrogens (tertiary/aromatic N) is 1. The predicted molar refractivity (Wildman–Crippen MR) is 76.1 cm³/mol. The van der Waals surface area contributed by atoms with E-state index in [-0.39, 0.29) is 12.1 Å². The molecule has 4 heteroatoms. The first-order chi connectivity index (χ1) is 9.20. The minimum Gasteiger partial charge on any atom is -0.375 e. The van der Waals surface area contributed by atoms with E-state index < -0.39 is 0 Å². The van der Waals surface area contributed by atoms with Crippen molar-refractivity contribution in [3.05, 3.63) is 0 Å². The minimum atomic E-state index is 0.180. The number of morpholine rings is 1. The highest BCUT2D eigenvalue weighted by Crippen LogP contribution is 2.18. The lowest BCUT2D eigenvalue weighted by Gasteiger charge is -2.38. The van der Waals surface area contributed by atoms with E-state index in [1.165, 1.54) is 19.3 Å². The summed E-state index contributed by atoms with van der Waals surface area (Å²) in [5, 5.41) is 3.52. The first-order valence-electron chi connectivity index (χ1n) is 7.85. The summed E-state index contributed by atoms with van der Waals surface area (Å²) in [6.45, 7) is 6.76. The van der Waals surface area contributed by atoms with Gasteiger partial charge in [-0.3, -0.25) is 4.79 Å². The van der Waals surface area contributed by atoms with Gasteiger partial charge in [-0.2, -0.15) is 0 Å². The van der Waals surface area contributed by atoms with Crippen molar-refractivity contribution in [3.63, 3.8) is 0 Å². The number of ether oxygens (including phenoxy) is 1. The lowest BCUT2D eigenvalue weighted by Crippen LogP contribution is -2.51. The highest BCUT2D eigenvalue weighted by atomic mass is 16.5. The van der Waals surface area contributed by atoms with Crippen LogP contribution < -0.4 is 5.32 Å². The largest absolute Gasteiger partial charge is 0.375 e. The molecule has 0 bridgehead atoms. The molecule has 1 amide bonds. The van der Waals surface area contributed by atoms with E-state index in [0.29, 0.717) is 25.0 Å². The van der Waals surface area contributed by atoms with Crippen LogP contribution in [0.4, 0.5) is 0 Å². The Morgan fingerprint density at radius 1 is 1.42 bits per heavy atom. The fraction of sp³-hybridized carbons (Fsp3) is 0.933. The first-order valence-corrected chi connectivity index (χ1v) is 7.85. The van der Waals surface area contributed by atoms with Gasteiger partial charge in [-0.25, -0.2) is 0 Å². The Hall–Kier alpha value is -0.610. The van der Waals surface area contributed by atoms with Gasteiger partial charge in [0.05, 0.1) is 18.8 Å². The quantitative estimate of drug-likeness (QED) is 0.847. The molecule has 2 aliphatic rings. The Bertz CT molecular complexity index is 290. The molecule has 0 aromatic carbocycles. The van der Waals surface area contributed by atoms with Crippen molar-refractivity contribution in [2.45, 2.75) is 70.6 Å². The molecule has 2 heterocycles. The second kappa shape index (κ2) is 7.25. The standard InChI is InChI=1S/C15H28N2O2/c1-3-14-11-19-12(2)10-17(14)15(18)8-7-13-6-4-5-9-16-13/h12-14,16H,3-11H2,1-2H3. The average Bonchev–Trinajstić information content (AvgIpc) is 2.46. The molecular weight excluding hydrogens is 240 g/mol. The molecule has 19 heavy (non-hydrogen) atoms. The summed E-state index contributed by atoms with van der Waals surface area (Å²) in [5.74, 6) is 0.314. The van der Waals surface area contributed by atoms with E-state index in [0.717, 1.165) is 25.9 Å². The Balaban J connectivity index is 1.79. The van der Waals surface area contributed by atoms with Crippen molar-refractivity contribution in [1.29, 1.82) is 0 Å². The maximum Gasteiger partial charge on any atom is 0.223 e. The van der Waals surface area contributed by atoms with Crippen LogP contribution in [0.3, 0.4) is 0 Å². The molecule has 0 aliphatic carbocycles. The van der Waals surface area contributed by atoms with Crippen molar-refractivity contribution in [1.82, 2.24) is 10.2 Å². The lowest BCUT2D eigenvalue weighted by molar-refractivity contribution is -0.144. The minimum absolute atomic E-state index is 0.180. The molecule has 2 rings (SSSR count). The van der Waals surface area contributed by atoms with E-state index in [4.69, 9.17) is 4.74 Å². The van der Waals surface area contributed by atoms with Crippen LogP contribution in [-0.4, -0.2) is 48.7 Å². The van der Waals surface area contributed by atoms with Crippen molar-refractivity contribution in [3.8, 4) is 0 Å². The molecule has 4 nitrogen and oxygen atoms in total. The van der Waals surface area contributed by atoms with Crippen molar-refractivity contribution in [2.75, 3.05) is 19.7 Å². The normalized spacial score (nSPS) is 32.3. The maximum absolute atomic E-state index is 12.4. The molecule has 110 valence electrons. The summed E-state index contributed by atoms with van der Waals surface area (Å²) in [6.07, 6.45) is 6.65. The lowest BCUT2D eigenvalue weighted by atomic mass is 9.99. The summed E-state index contributed by atoms with van der Waals surface area (Å²) in [5.41, 5.74) is 0. The van der Waals surface area contributed by atoms with Crippen LogP contribution in [0.5, 0.6) is 0 Å². The van der Waals surface area contributed by atoms with Crippen LogP contribution in [0, 0.1) is 0 Å². The van der Waals surface area contributed by atoms with Gasteiger partial charge in [-0.15, -0.1) is 0 Å². The molecular formula is C15H28N2O2. The molecule has 2 fully saturated rings. The topological polar surface area (TPSA) is 41.6 Å². The van der Waals surface area contributed by atoms with Crippen LogP contribution in [-0.2, 0) is 9.53 Å². The van der Waals surface area contributed by atoms with Crippen LogP contribution in [0.15, 0.2) is 0 Å². The third kappa shape index (κ3) is 4.18. The van der Waals surface area contributed by atoms with Gasteiger partial charge in [-0.05, 0) is 39.2 Å². The van der Waals surface area contributed by atoms with Gasteiger partial charge < -0.3 is 15.0 Å². The Morgan fingerprint density at radius 3 is 2.95 bits per heavy atom. The van der Waals surface area contributed by atoms with Gasteiger partial charge in [0.1, 0.15) is 0 Å². The monoisotopic (exact) mass is 268 g/mol. The summed E-state index contributed by atoms with van der Waals surface area (Å²) in [4.78, 5) is 14.5. The molecule has 0 aromatic rings. The number of hydrogen-bond donors (Lipinski definition) is 1. The Kier molecular flexibility index (Phi) is 5.64. The third-order valence-electron chi connectivity index (χ3n) is 4.38. The van der Waals surface area contributed by atoms with Gasteiger partial charge in [-0.1, -0.05) is 13.3 Å². The molecule has 0 radical (unpaired) electrons. The number of carbonyl (C=O) groups is 1. The highest BCUT2D eigenvalue weighted by Gasteiger charge is 2.29. The van der Waals surface area contributed by atoms with E-state index in [1.54, 1.807) is 0 Å². The zero-order chi connectivity index (χ0) is 13.7. The second-order valence-electron chi connectivity index (χ2n) is 5.94. The summed E-state index contributed by atoms with van der Waals surface area (Å²) < 4.78 is 5.65. The number of hydrogen-bond acceptors (Lipinski definition) is 3. The fourth-order valence-electron chi connectivity index (χ4n) is 3.10. The summed E-state index contributed by atoms with van der Waals surface area (Å²) in [7, 11) is 0. The van der Waals surface area contributed by atoms with Gasteiger partial charge in [0.15, 0.2) is 0 Å². The fourth-order valence-corrected chi connectivity index (χ4v) is 3.10. The highest BCUT2D eigenvalue weighted by molar-refractivity contribution is 5.76. The van der Waals surface area contributed by atoms with Crippen LogP contribution in [0.1, 0.15) is 52.4 Å². The van der Waals surface area contributed by atoms with Crippen LogP contribution >= 0.6 is 0 Å². The zero-order valence-corrected chi connectivity index (χ0v) is 12.4. The Labute approximate surface area is 116 Å². The molecule has 0 spiro atoms. The number of carbonyl (C=O) groups excluding carboxylic acids is 1. The van der Waals surface area contributed by atoms with Crippen LogP contribution in [0.2, 0.25) is 0 Å². The summed E-state index contributed by atoms with van der Waals surface area (Å²) in [6, 6.07) is 0.833. The molecule has 1 N–H and O–H groups in total. The van der Waals surface area contributed by atoms with Gasteiger partial charge in [0.25, 0.3) is 0 Å². The summed E-state index contributed by atoms with van der Waals surface area (Å²) >= 11 is 0. The van der Waals surface area contributed by atoms with E-state index in [9.17, 15) is 4.79 Å². The van der Waals surface area contributed by atoms with E-state index in [2.05, 4.69) is 24.1 Å². The second-order valence-corrected chi connectivity index (χ2v) is 5.94.